The molecular formula is C31H29NO6. The molecule has 194 valence electrons. The maximum absolute atomic E-state index is 12.4. The van der Waals surface area contributed by atoms with Crippen molar-refractivity contribution in [3.8, 4) is 28.4 Å². The Balaban J connectivity index is 1.26. The summed E-state index contributed by atoms with van der Waals surface area (Å²) in [6, 6.07) is 30.9. The number of rotatable bonds is 12. The number of carbonyl (C=O) groups excluding carboxylic acids is 1. The Morgan fingerprint density at radius 1 is 0.737 bits per heavy atom. The quantitative estimate of drug-likeness (QED) is 0.274. The van der Waals surface area contributed by atoms with Crippen molar-refractivity contribution in [3.05, 3.63) is 114 Å². The average molecular weight is 512 g/mol. The first-order valence-electron chi connectivity index (χ1n) is 12.2. The highest BCUT2D eigenvalue weighted by molar-refractivity contribution is 5.84. The molecule has 0 spiro atoms. The molecule has 4 aromatic carbocycles. The van der Waals surface area contributed by atoms with Crippen molar-refractivity contribution in [3.63, 3.8) is 0 Å². The van der Waals surface area contributed by atoms with Gasteiger partial charge in [0.05, 0.1) is 7.11 Å². The molecule has 0 saturated heterocycles. The van der Waals surface area contributed by atoms with E-state index in [1.54, 1.807) is 43.5 Å². The Labute approximate surface area is 221 Å². The van der Waals surface area contributed by atoms with Crippen LogP contribution in [0.15, 0.2) is 103 Å². The monoisotopic (exact) mass is 511 g/mol. The normalized spacial score (nSPS) is 11.3. The van der Waals surface area contributed by atoms with E-state index in [2.05, 4.69) is 5.32 Å². The Morgan fingerprint density at radius 3 is 2.11 bits per heavy atom. The topological polar surface area (TPSA) is 94.1 Å². The zero-order chi connectivity index (χ0) is 26.7. The van der Waals surface area contributed by atoms with Gasteiger partial charge in [0.1, 0.15) is 29.9 Å². The number of carboxylic acid groups (broad SMARTS) is 1. The molecule has 7 heteroatoms. The summed E-state index contributed by atoms with van der Waals surface area (Å²) in [5.41, 5.74) is 3.79. The van der Waals surface area contributed by atoms with Crippen molar-refractivity contribution < 1.29 is 28.9 Å². The molecule has 0 radical (unpaired) electrons. The second-order valence-electron chi connectivity index (χ2n) is 8.63. The van der Waals surface area contributed by atoms with Crippen LogP contribution in [0.1, 0.15) is 11.1 Å². The van der Waals surface area contributed by atoms with Gasteiger partial charge in [-0.25, -0.2) is 4.79 Å². The van der Waals surface area contributed by atoms with Gasteiger partial charge in [0, 0.05) is 6.42 Å². The minimum Gasteiger partial charge on any atom is -0.497 e. The van der Waals surface area contributed by atoms with Gasteiger partial charge in [-0.05, 0) is 58.7 Å². The van der Waals surface area contributed by atoms with Gasteiger partial charge < -0.3 is 24.6 Å². The summed E-state index contributed by atoms with van der Waals surface area (Å²) in [5, 5.41) is 12.2. The minimum absolute atomic E-state index is 0.134. The lowest BCUT2D eigenvalue weighted by Gasteiger charge is -2.15. The molecule has 2 N–H and O–H groups in total. The van der Waals surface area contributed by atoms with Crippen LogP contribution in [0, 0.1) is 0 Å². The zero-order valence-corrected chi connectivity index (χ0v) is 21.0. The van der Waals surface area contributed by atoms with Crippen LogP contribution in [-0.4, -0.2) is 36.7 Å². The molecule has 1 atom stereocenters. The number of aliphatic carboxylic acids is 1. The lowest BCUT2D eigenvalue weighted by atomic mass is 10.1. The van der Waals surface area contributed by atoms with Crippen molar-refractivity contribution >= 4 is 11.9 Å². The third-order valence-corrected chi connectivity index (χ3v) is 5.87. The summed E-state index contributed by atoms with van der Waals surface area (Å²) in [7, 11) is 1.62. The van der Waals surface area contributed by atoms with Crippen molar-refractivity contribution in [2.24, 2.45) is 0 Å². The number of carboxylic acids is 1. The van der Waals surface area contributed by atoms with Gasteiger partial charge in [-0.2, -0.15) is 0 Å². The van der Waals surface area contributed by atoms with Crippen molar-refractivity contribution in [1.82, 2.24) is 5.32 Å². The van der Waals surface area contributed by atoms with E-state index in [4.69, 9.17) is 14.2 Å². The summed E-state index contributed by atoms with van der Waals surface area (Å²) in [4.78, 5) is 24.2. The average Bonchev–Trinajstić information content (AvgIpc) is 2.96. The number of hydrogen-bond acceptors (Lipinski definition) is 5. The minimum atomic E-state index is -1.12. The number of methoxy groups -OCH3 is 1. The van der Waals surface area contributed by atoms with Crippen LogP contribution in [0.2, 0.25) is 0 Å². The van der Waals surface area contributed by atoms with Gasteiger partial charge in [-0.15, -0.1) is 0 Å². The van der Waals surface area contributed by atoms with Crippen LogP contribution >= 0.6 is 0 Å². The van der Waals surface area contributed by atoms with Gasteiger partial charge in [0.2, 0.25) is 0 Å². The smallest absolute Gasteiger partial charge is 0.326 e. The van der Waals surface area contributed by atoms with Crippen molar-refractivity contribution in [2.75, 3.05) is 13.7 Å². The number of amides is 1. The van der Waals surface area contributed by atoms with Crippen LogP contribution < -0.4 is 19.5 Å². The third kappa shape index (κ3) is 7.61. The summed E-state index contributed by atoms with van der Waals surface area (Å²) < 4.78 is 16.6. The Hall–Kier alpha value is -4.78. The molecule has 38 heavy (non-hydrogen) atoms. The van der Waals surface area contributed by atoms with Crippen molar-refractivity contribution in [1.29, 1.82) is 0 Å². The third-order valence-electron chi connectivity index (χ3n) is 5.87. The maximum Gasteiger partial charge on any atom is 0.326 e. The van der Waals surface area contributed by atoms with E-state index in [0.717, 1.165) is 28.0 Å². The molecule has 4 aromatic rings. The van der Waals surface area contributed by atoms with E-state index in [0.29, 0.717) is 18.1 Å². The SMILES string of the molecule is COc1cccc(-c2ccc(OCC(=O)N[C@@H](Cc3ccc(OCc4ccccc4)cc3)C(=O)O)cc2)c1. The van der Waals surface area contributed by atoms with Crippen molar-refractivity contribution in [2.45, 2.75) is 19.1 Å². The van der Waals surface area contributed by atoms with E-state index >= 15 is 0 Å². The van der Waals surface area contributed by atoms with Crippen LogP contribution in [0.4, 0.5) is 0 Å². The largest absolute Gasteiger partial charge is 0.497 e. The van der Waals surface area contributed by atoms with Crippen LogP contribution in [0.25, 0.3) is 11.1 Å². The van der Waals surface area contributed by atoms with E-state index in [1.165, 1.54) is 0 Å². The zero-order valence-electron chi connectivity index (χ0n) is 21.0. The molecule has 0 unspecified atom stereocenters. The predicted molar refractivity (Wildman–Crippen MR) is 144 cm³/mol. The Morgan fingerprint density at radius 2 is 1.42 bits per heavy atom. The summed E-state index contributed by atoms with van der Waals surface area (Å²) >= 11 is 0. The van der Waals surface area contributed by atoms with E-state index in [1.807, 2.05) is 66.7 Å². The number of ether oxygens (including phenoxy) is 3. The fraction of sp³-hybridized carbons (Fsp3) is 0.161. The predicted octanol–water partition coefficient (Wildman–Crippen LogP) is 5.13. The van der Waals surface area contributed by atoms with E-state index < -0.39 is 17.9 Å². The Bertz CT molecular complexity index is 1340. The molecule has 0 aliphatic carbocycles. The van der Waals surface area contributed by atoms with Gasteiger partial charge in [0.15, 0.2) is 6.61 Å². The Kier molecular flexibility index (Phi) is 8.97. The molecule has 0 bridgehead atoms. The fourth-order valence-corrected chi connectivity index (χ4v) is 3.83. The lowest BCUT2D eigenvalue weighted by Crippen LogP contribution is -2.44. The van der Waals surface area contributed by atoms with E-state index in [9.17, 15) is 14.7 Å². The molecule has 1 amide bonds. The van der Waals surface area contributed by atoms with Gasteiger partial charge in [-0.3, -0.25) is 4.79 Å². The maximum atomic E-state index is 12.4. The highest BCUT2D eigenvalue weighted by atomic mass is 16.5. The standard InChI is InChI=1S/C31H29NO6/c1-36-28-9-5-8-25(19-28)24-12-16-27(17-13-24)38-21-30(33)32-29(31(34)35)18-22-10-14-26(15-11-22)37-20-23-6-3-2-4-7-23/h2-17,19,29H,18,20-21H2,1H3,(H,32,33)(H,34,35)/t29-/m0/s1. The molecule has 0 aliphatic rings. The molecule has 4 rings (SSSR count). The molecule has 0 heterocycles. The highest BCUT2D eigenvalue weighted by Gasteiger charge is 2.21. The highest BCUT2D eigenvalue weighted by Crippen LogP contribution is 2.25. The van der Waals surface area contributed by atoms with Crippen LogP contribution in [-0.2, 0) is 22.6 Å². The molecule has 0 fully saturated rings. The summed E-state index contributed by atoms with van der Waals surface area (Å²) in [5.74, 6) is 0.311. The van der Waals surface area contributed by atoms with Crippen LogP contribution in [0.3, 0.4) is 0 Å². The molecule has 0 aromatic heterocycles. The number of carbonyl (C=O) groups is 2. The van der Waals surface area contributed by atoms with E-state index in [-0.39, 0.29) is 13.0 Å². The molecule has 0 saturated carbocycles. The van der Waals surface area contributed by atoms with Gasteiger partial charge in [-0.1, -0.05) is 66.7 Å². The first-order valence-corrected chi connectivity index (χ1v) is 12.2. The summed E-state index contributed by atoms with van der Waals surface area (Å²) in [6.07, 6.45) is 0.134. The van der Waals surface area contributed by atoms with Gasteiger partial charge in [0.25, 0.3) is 5.91 Å². The van der Waals surface area contributed by atoms with Gasteiger partial charge >= 0.3 is 5.97 Å². The fourth-order valence-electron chi connectivity index (χ4n) is 3.83. The first-order chi connectivity index (χ1) is 18.5. The van der Waals surface area contributed by atoms with Crippen LogP contribution in [0.5, 0.6) is 17.2 Å². The lowest BCUT2D eigenvalue weighted by molar-refractivity contribution is -0.142. The number of hydrogen-bond donors (Lipinski definition) is 2. The number of benzene rings is 4. The molecular weight excluding hydrogens is 482 g/mol. The first kappa shape index (κ1) is 26.3. The second-order valence-corrected chi connectivity index (χ2v) is 8.63. The second kappa shape index (κ2) is 13.0. The molecule has 7 nitrogen and oxygen atoms in total. The molecule has 0 aliphatic heterocycles. The summed E-state index contributed by atoms with van der Waals surface area (Å²) in [6.45, 7) is 0.145. The number of nitrogens with one attached hydrogen (secondary N) is 1.